The predicted octanol–water partition coefficient (Wildman–Crippen LogP) is 4.96. The van der Waals surface area contributed by atoms with Crippen LogP contribution in [-0.2, 0) is 4.79 Å². The van der Waals surface area contributed by atoms with Gasteiger partial charge in [-0.25, -0.2) is 4.79 Å². The van der Waals surface area contributed by atoms with Crippen molar-refractivity contribution in [3.8, 4) is 5.75 Å². The summed E-state index contributed by atoms with van der Waals surface area (Å²) in [4.78, 5) is 27.4. The maximum atomic E-state index is 13.2. The van der Waals surface area contributed by atoms with Gasteiger partial charge in [-0.2, -0.15) is 0 Å². The Morgan fingerprint density at radius 1 is 1.10 bits per heavy atom. The molecule has 152 valence electrons. The zero-order valence-electron chi connectivity index (χ0n) is 16.5. The molecular weight excluding hydrogens is 400 g/mol. The first-order valence-electron chi connectivity index (χ1n) is 9.65. The Morgan fingerprint density at radius 3 is 2.47 bits per heavy atom. The molecule has 4 rings (SSSR count). The summed E-state index contributed by atoms with van der Waals surface area (Å²) in [6.45, 7) is 2.06. The van der Waals surface area contributed by atoms with E-state index >= 15 is 0 Å². The molecule has 5 nitrogen and oxygen atoms in total. The average molecular weight is 421 g/mol. The smallest absolute Gasteiger partial charge is 0.410 e. The summed E-state index contributed by atoms with van der Waals surface area (Å²) >= 11 is 6.33. The lowest BCUT2D eigenvalue weighted by atomic mass is 9.76. The fourth-order valence-corrected chi connectivity index (χ4v) is 4.10. The molecule has 0 spiro atoms. The van der Waals surface area contributed by atoms with Crippen LogP contribution in [0.5, 0.6) is 5.75 Å². The van der Waals surface area contributed by atoms with E-state index in [9.17, 15) is 9.59 Å². The molecule has 2 aromatic rings. The number of para-hydroxylation sites is 2. The van der Waals surface area contributed by atoms with E-state index in [4.69, 9.17) is 16.3 Å². The number of hydrogen-bond donors (Lipinski definition) is 1. The molecule has 1 heterocycles. The number of allylic oxidation sites excluding steroid dienone is 2. The number of fused-ring (bicyclic) bond motifs is 1. The van der Waals surface area contributed by atoms with E-state index in [2.05, 4.69) is 10.2 Å². The third kappa shape index (κ3) is 3.89. The van der Waals surface area contributed by atoms with Crippen LogP contribution in [0, 0.1) is 0 Å². The van der Waals surface area contributed by atoms with Gasteiger partial charge in [0.05, 0.1) is 12.1 Å². The van der Waals surface area contributed by atoms with Gasteiger partial charge in [0, 0.05) is 34.5 Å². The number of halogens is 1. The van der Waals surface area contributed by atoms with Crippen LogP contribution in [0.4, 0.5) is 10.5 Å². The quantitative estimate of drug-likeness (QED) is 0.759. The number of ketones is 1. The molecule has 0 radical (unpaired) electrons. The van der Waals surface area contributed by atoms with E-state index < -0.39 is 11.6 Å². The number of benzene rings is 2. The van der Waals surface area contributed by atoms with Gasteiger partial charge in [0.2, 0.25) is 0 Å². The number of carbonyl (C=O) groups excluding carboxylic acids is 2. The van der Waals surface area contributed by atoms with Crippen LogP contribution in [0.1, 0.15) is 13.3 Å². The Morgan fingerprint density at radius 2 is 1.77 bits per heavy atom. The molecule has 0 bridgehead atoms. The summed E-state index contributed by atoms with van der Waals surface area (Å²) in [5, 5.41) is 3.37. The molecular formula is C24H21ClN2O3. The molecule has 2 aliphatic rings. The van der Waals surface area contributed by atoms with Gasteiger partial charge >= 0.3 is 6.09 Å². The van der Waals surface area contributed by atoms with Crippen LogP contribution in [-0.4, -0.2) is 24.0 Å². The maximum absolute atomic E-state index is 13.2. The largest absolute Gasteiger partial charge is 0.412 e. The van der Waals surface area contributed by atoms with Crippen LogP contribution in [0.15, 0.2) is 95.2 Å². The number of amides is 1. The van der Waals surface area contributed by atoms with Crippen LogP contribution < -0.4 is 15.0 Å². The standard InChI is InChI=1S/C24H21ClN2O3/c1-24-14-18(25)12-13-21(24)22(28)17(16-27(24)19-8-4-2-5-9-19)15-26-23(29)30-20-10-6-3-7-11-20/h2-13,16H,14-15H2,1H3,(H,26,29). The van der Waals surface area contributed by atoms with E-state index in [1.54, 1.807) is 42.6 Å². The van der Waals surface area contributed by atoms with E-state index in [1.165, 1.54) is 0 Å². The number of nitrogens with zero attached hydrogens (tertiary/aromatic N) is 1. The highest BCUT2D eigenvalue weighted by molar-refractivity contribution is 6.30. The molecule has 0 saturated carbocycles. The summed E-state index contributed by atoms with van der Waals surface area (Å²) in [6, 6.07) is 18.6. The fraction of sp³-hybridized carbons (Fsp3) is 0.167. The Kier molecular flexibility index (Phi) is 5.46. The lowest BCUT2D eigenvalue weighted by Gasteiger charge is -2.46. The summed E-state index contributed by atoms with van der Waals surface area (Å²) in [7, 11) is 0. The zero-order valence-corrected chi connectivity index (χ0v) is 17.2. The van der Waals surface area contributed by atoms with Crippen LogP contribution in [0.2, 0.25) is 0 Å². The van der Waals surface area contributed by atoms with Gasteiger partial charge in [-0.05, 0) is 37.3 Å². The van der Waals surface area contributed by atoms with E-state index in [0.717, 1.165) is 5.69 Å². The van der Waals surface area contributed by atoms with Crippen molar-refractivity contribution in [1.29, 1.82) is 0 Å². The van der Waals surface area contributed by atoms with Crippen molar-refractivity contribution in [2.45, 2.75) is 18.9 Å². The van der Waals surface area contributed by atoms with E-state index in [1.807, 2.05) is 43.3 Å². The first kappa shape index (κ1) is 20.0. The minimum atomic E-state index is -0.616. The molecule has 0 fully saturated rings. The van der Waals surface area contributed by atoms with Gasteiger partial charge in [0.1, 0.15) is 5.75 Å². The lowest BCUT2D eigenvalue weighted by molar-refractivity contribution is -0.113. The first-order chi connectivity index (χ1) is 14.5. The summed E-state index contributed by atoms with van der Waals surface area (Å²) in [5.41, 5.74) is 1.46. The summed E-state index contributed by atoms with van der Waals surface area (Å²) < 4.78 is 5.25. The number of ether oxygens (including phenoxy) is 1. The second-order valence-corrected chi connectivity index (χ2v) is 7.88. The second kappa shape index (κ2) is 8.20. The Hall–Kier alpha value is -3.31. The molecule has 1 amide bonds. The zero-order chi connectivity index (χ0) is 21.1. The topological polar surface area (TPSA) is 58.6 Å². The van der Waals surface area contributed by atoms with Crippen molar-refractivity contribution in [3.63, 3.8) is 0 Å². The van der Waals surface area contributed by atoms with Crippen molar-refractivity contribution >= 4 is 29.2 Å². The van der Waals surface area contributed by atoms with Gasteiger partial charge in [0.15, 0.2) is 5.78 Å². The number of carbonyl (C=O) groups is 2. The van der Waals surface area contributed by atoms with Crippen molar-refractivity contribution < 1.29 is 14.3 Å². The molecule has 1 aliphatic carbocycles. The molecule has 1 unspecified atom stereocenters. The summed E-state index contributed by atoms with van der Waals surface area (Å²) in [5.74, 6) is 0.331. The van der Waals surface area contributed by atoms with Crippen LogP contribution >= 0.6 is 11.6 Å². The Bertz CT molecular complexity index is 1060. The predicted molar refractivity (Wildman–Crippen MR) is 118 cm³/mol. The van der Waals surface area contributed by atoms with Crippen LogP contribution in [0.25, 0.3) is 0 Å². The van der Waals surface area contributed by atoms with Gasteiger partial charge in [0.25, 0.3) is 0 Å². The monoisotopic (exact) mass is 420 g/mol. The Balaban J connectivity index is 1.60. The van der Waals surface area contributed by atoms with Crippen molar-refractivity contribution in [3.05, 3.63) is 95.2 Å². The van der Waals surface area contributed by atoms with Gasteiger partial charge in [-0.3, -0.25) is 4.79 Å². The minimum absolute atomic E-state index is 0.0543. The summed E-state index contributed by atoms with van der Waals surface area (Å²) in [6.07, 6.45) is 5.25. The number of anilines is 1. The van der Waals surface area contributed by atoms with Crippen molar-refractivity contribution in [1.82, 2.24) is 5.32 Å². The molecule has 0 aromatic heterocycles. The second-order valence-electron chi connectivity index (χ2n) is 7.39. The third-order valence-electron chi connectivity index (χ3n) is 5.29. The van der Waals surface area contributed by atoms with E-state index in [-0.39, 0.29) is 12.3 Å². The molecule has 0 saturated heterocycles. The number of hydrogen-bond acceptors (Lipinski definition) is 4. The number of rotatable bonds is 4. The normalized spacial score (nSPS) is 20.5. The van der Waals surface area contributed by atoms with Gasteiger partial charge in [-0.15, -0.1) is 0 Å². The molecule has 1 aliphatic heterocycles. The molecule has 6 heteroatoms. The number of nitrogens with one attached hydrogen (secondary N) is 1. The Labute approximate surface area is 180 Å². The van der Waals surface area contributed by atoms with Crippen LogP contribution in [0.3, 0.4) is 0 Å². The SMILES string of the molecule is CC12CC(Cl)=CC=C1C(=O)C(CNC(=O)Oc1ccccc1)=CN2c1ccccc1. The maximum Gasteiger partial charge on any atom is 0.412 e. The fourth-order valence-electron chi connectivity index (χ4n) is 3.77. The molecule has 30 heavy (non-hydrogen) atoms. The highest BCUT2D eigenvalue weighted by Crippen LogP contribution is 2.43. The van der Waals surface area contributed by atoms with Gasteiger partial charge in [-0.1, -0.05) is 54.1 Å². The number of Topliss-reactive ketones (excluding diaryl/α,β-unsaturated/α-hetero) is 1. The molecule has 1 atom stereocenters. The minimum Gasteiger partial charge on any atom is -0.410 e. The third-order valence-corrected chi connectivity index (χ3v) is 5.55. The van der Waals surface area contributed by atoms with Gasteiger partial charge < -0.3 is 15.0 Å². The average Bonchev–Trinajstić information content (AvgIpc) is 2.74. The van der Waals surface area contributed by atoms with Crippen molar-refractivity contribution in [2.75, 3.05) is 11.4 Å². The first-order valence-corrected chi connectivity index (χ1v) is 10.0. The molecule has 2 aromatic carbocycles. The highest BCUT2D eigenvalue weighted by Gasteiger charge is 2.44. The van der Waals surface area contributed by atoms with E-state index in [0.29, 0.717) is 28.3 Å². The highest BCUT2D eigenvalue weighted by atomic mass is 35.5. The van der Waals surface area contributed by atoms with Crippen molar-refractivity contribution in [2.24, 2.45) is 0 Å². The lowest BCUT2D eigenvalue weighted by Crippen LogP contribution is -2.52. The molecule has 1 N–H and O–H groups in total.